The third-order valence-corrected chi connectivity index (χ3v) is 15.5. The third-order valence-electron chi connectivity index (χ3n) is 14.0. The van der Waals surface area contributed by atoms with E-state index in [4.69, 9.17) is 21.1 Å². The molecule has 7 aromatic rings. The maximum atomic E-state index is 15.3. The lowest BCUT2D eigenvalue weighted by Gasteiger charge is -2.49. The number of thiophene rings is 1. The number of hydrogen-bond donors (Lipinski definition) is 1. The quantitative estimate of drug-likeness (QED) is 0.133. The van der Waals surface area contributed by atoms with Crippen LogP contribution in [-0.4, -0.2) is 43.5 Å². The van der Waals surface area contributed by atoms with Crippen molar-refractivity contribution in [3.05, 3.63) is 124 Å². The largest absolute Gasteiger partial charge is 0.507 e. The molecule has 11 rings (SSSR count). The van der Waals surface area contributed by atoms with E-state index in [-0.39, 0.29) is 35.8 Å². The summed E-state index contributed by atoms with van der Waals surface area (Å²) in [5.41, 5.74) is 5.84. The standard InChI is InChI=1S/C49H40ClN5O6S/c1-23-18-27(19-24(2)42(23)56)41-30-15-16-31-40(47(59)54(45(31)57)29-13-10-26(11-14-29)44-51-35-8-6-7-9-37(35)61-44)33(30)21-34-46(58)55(48(60)49(34,41)4)39-22-36(52-53(39)5)43-25(3)32-20-28(50)12-17-38(32)62-43/h6-15,17-20,22,31,33-34,40-41,56H,16,21H2,1-5H3/t31-,33+,34-,40-,41-,49+/m0/s1. The summed E-state index contributed by atoms with van der Waals surface area (Å²) in [7, 11) is 1.73. The van der Waals surface area contributed by atoms with Gasteiger partial charge in [0, 0.05) is 34.3 Å². The lowest BCUT2D eigenvalue weighted by Crippen LogP contribution is -2.49. The highest BCUT2D eigenvalue weighted by atomic mass is 35.5. The fourth-order valence-corrected chi connectivity index (χ4v) is 12.3. The molecule has 13 heteroatoms. The minimum Gasteiger partial charge on any atom is -0.507 e. The molecule has 1 N–H and O–H groups in total. The number of phenols is 1. The molecule has 4 amide bonds. The van der Waals surface area contributed by atoms with E-state index in [1.54, 1.807) is 53.4 Å². The van der Waals surface area contributed by atoms with Gasteiger partial charge >= 0.3 is 0 Å². The van der Waals surface area contributed by atoms with Gasteiger partial charge in [0.05, 0.1) is 33.7 Å². The highest BCUT2D eigenvalue weighted by Gasteiger charge is 2.68. The van der Waals surface area contributed by atoms with Crippen molar-refractivity contribution in [2.24, 2.45) is 36.1 Å². The highest BCUT2D eigenvalue weighted by Crippen LogP contribution is 2.64. The predicted molar refractivity (Wildman–Crippen MR) is 238 cm³/mol. The van der Waals surface area contributed by atoms with Crippen molar-refractivity contribution >= 4 is 79.3 Å². The number of fused-ring (bicyclic) bond motifs is 6. The summed E-state index contributed by atoms with van der Waals surface area (Å²) in [6.45, 7) is 7.52. The molecule has 6 atom stereocenters. The number of imide groups is 2. The summed E-state index contributed by atoms with van der Waals surface area (Å²) >= 11 is 7.93. The first kappa shape index (κ1) is 38.5. The third kappa shape index (κ3) is 5.35. The number of phenolic OH excluding ortho intramolecular Hbond substituents is 1. The Hall–Kier alpha value is -6.37. The van der Waals surface area contributed by atoms with Crippen LogP contribution in [0.25, 0.3) is 43.2 Å². The summed E-state index contributed by atoms with van der Waals surface area (Å²) in [5.74, 6) is -3.71. The van der Waals surface area contributed by atoms with E-state index >= 15 is 9.59 Å². The number of aryl methyl sites for hydroxylation is 4. The lowest BCUT2D eigenvalue weighted by molar-refractivity contribution is -0.131. The maximum absolute atomic E-state index is 15.3. The minimum atomic E-state index is -1.26. The fourth-order valence-electron chi connectivity index (χ4n) is 11.0. The number of aromatic hydroxyl groups is 1. The molecule has 4 aromatic carbocycles. The van der Waals surface area contributed by atoms with E-state index in [2.05, 4.69) is 4.98 Å². The highest BCUT2D eigenvalue weighted by molar-refractivity contribution is 7.22. The Morgan fingerprint density at radius 1 is 0.871 bits per heavy atom. The van der Waals surface area contributed by atoms with Crippen molar-refractivity contribution in [1.29, 1.82) is 0 Å². The van der Waals surface area contributed by atoms with Gasteiger partial charge in [-0.25, -0.2) is 9.88 Å². The summed E-state index contributed by atoms with van der Waals surface area (Å²) in [4.78, 5) is 67.6. The molecule has 3 fully saturated rings. The number of para-hydroxylation sites is 2. The molecule has 2 aliphatic carbocycles. The van der Waals surface area contributed by atoms with Gasteiger partial charge in [-0.2, -0.15) is 5.10 Å². The second kappa shape index (κ2) is 13.6. The number of benzene rings is 4. The van der Waals surface area contributed by atoms with E-state index in [1.165, 1.54) is 9.80 Å². The van der Waals surface area contributed by atoms with Crippen molar-refractivity contribution in [3.63, 3.8) is 0 Å². The number of aromatic nitrogens is 3. The van der Waals surface area contributed by atoms with Crippen LogP contribution in [0.3, 0.4) is 0 Å². The Morgan fingerprint density at radius 2 is 1.61 bits per heavy atom. The van der Waals surface area contributed by atoms with Crippen molar-refractivity contribution in [2.75, 3.05) is 9.80 Å². The first-order valence-corrected chi connectivity index (χ1v) is 21.9. The van der Waals surface area contributed by atoms with Crippen LogP contribution in [0.15, 0.2) is 101 Å². The molecule has 0 unspecified atom stereocenters. The van der Waals surface area contributed by atoms with Crippen LogP contribution < -0.4 is 9.80 Å². The number of carbonyl (C=O) groups excluding carboxylic acids is 4. The molecule has 62 heavy (non-hydrogen) atoms. The number of nitrogens with zero attached hydrogens (tertiary/aromatic N) is 5. The number of hydrogen-bond acceptors (Lipinski definition) is 9. The van der Waals surface area contributed by atoms with Gasteiger partial charge in [-0.05, 0) is 129 Å². The summed E-state index contributed by atoms with van der Waals surface area (Å²) in [6, 6.07) is 25.9. The summed E-state index contributed by atoms with van der Waals surface area (Å²) in [5, 5.41) is 17.4. The zero-order valence-corrected chi connectivity index (χ0v) is 36.0. The van der Waals surface area contributed by atoms with Gasteiger partial charge < -0.3 is 9.52 Å². The first-order chi connectivity index (χ1) is 29.7. The Labute approximate surface area is 365 Å². The second-order valence-corrected chi connectivity index (χ2v) is 18.9. The van der Waals surface area contributed by atoms with Gasteiger partial charge in [0.25, 0.3) is 0 Å². The number of anilines is 2. The number of allylic oxidation sites excluding steroid dienone is 2. The van der Waals surface area contributed by atoms with Gasteiger partial charge in [-0.15, -0.1) is 11.3 Å². The molecular weight excluding hydrogens is 822 g/mol. The molecule has 1 saturated carbocycles. The zero-order valence-electron chi connectivity index (χ0n) is 34.5. The topological polar surface area (TPSA) is 139 Å². The number of halogens is 1. The maximum Gasteiger partial charge on any atom is 0.242 e. The molecule has 11 nitrogen and oxygen atoms in total. The van der Waals surface area contributed by atoms with Crippen LogP contribution >= 0.6 is 22.9 Å². The SMILES string of the molecule is Cc1cc([C@H]2C3=CC[C@@H]4C(=O)N(c5ccc(-c6nc7ccccc7o6)cc5)C(=O)[C@@H]4[C@@H]3C[C@H]3C(=O)N(c4cc(-c5sc6ccc(Cl)cc6c5C)nn4C)C(=O)[C@@]23C)cc(C)c1O. The van der Waals surface area contributed by atoms with Crippen LogP contribution in [0.1, 0.15) is 47.9 Å². The normalized spacial score (nSPS) is 24.6. The predicted octanol–water partition coefficient (Wildman–Crippen LogP) is 9.83. The van der Waals surface area contributed by atoms with Crippen molar-refractivity contribution in [3.8, 4) is 27.8 Å². The van der Waals surface area contributed by atoms with E-state index in [0.717, 1.165) is 37.2 Å². The molecule has 5 heterocycles. The van der Waals surface area contributed by atoms with Gasteiger partial charge in [0.1, 0.15) is 22.8 Å². The van der Waals surface area contributed by atoms with Crippen LogP contribution in [0.2, 0.25) is 5.02 Å². The number of oxazole rings is 1. The van der Waals surface area contributed by atoms with Crippen molar-refractivity contribution < 1.29 is 28.7 Å². The number of carbonyl (C=O) groups is 4. The fraction of sp³-hybridized carbons (Fsp3) is 0.265. The Morgan fingerprint density at radius 3 is 2.35 bits per heavy atom. The van der Waals surface area contributed by atoms with Gasteiger partial charge in [-0.3, -0.25) is 28.8 Å². The van der Waals surface area contributed by atoms with Crippen molar-refractivity contribution in [2.45, 2.75) is 46.5 Å². The second-order valence-electron chi connectivity index (χ2n) is 17.4. The van der Waals surface area contributed by atoms with Gasteiger partial charge in [-0.1, -0.05) is 47.5 Å². The monoisotopic (exact) mass is 861 g/mol. The number of rotatable bonds is 5. The molecule has 2 saturated heterocycles. The molecule has 3 aromatic heterocycles. The summed E-state index contributed by atoms with van der Waals surface area (Å²) in [6.07, 6.45) is 2.56. The molecule has 310 valence electrons. The molecule has 0 radical (unpaired) electrons. The molecular formula is C49H40ClN5O6S. The number of amides is 4. The summed E-state index contributed by atoms with van der Waals surface area (Å²) < 4.78 is 8.60. The first-order valence-electron chi connectivity index (χ1n) is 20.7. The molecule has 0 bridgehead atoms. The van der Waals surface area contributed by atoms with E-state index < -0.39 is 35.0 Å². The van der Waals surface area contributed by atoms with E-state index in [0.29, 0.717) is 56.8 Å². The lowest BCUT2D eigenvalue weighted by atomic mass is 9.51. The minimum absolute atomic E-state index is 0.159. The average molecular weight is 862 g/mol. The van der Waals surface area contributed by atoms with Crippen LogP contribution in [0.4, 0.5) is 11.5 Å². The zero-order chi connectivity index (χ0) is 43.1. The average Bonchev–Trinajstić information content (AvgIpc) is 4.04. The van der Waals surface area contributed by atoms with Crippen LogP contribution in [0, 0.1) is 49.9 Å². The molecule has 4 aliphatic rings. The Balaban J connectivity index is 0.976. The van der Waals surface area contributed by atoms with Crippen LogP contribution in [-0.2, 0) is 26.2 Å². The Kier molecular flexibility index (Phi) is 8.43. The Bertz CT molecular complexity index is 3110. The van der Waals surface area contributed by atoms with E-state index in [1.807, 2.05) is 88.4 Å². The van der Waals surface area contributed by atoms with Gasteiger partial charge in [0.2, 0.25) is 29.5 Å². The van der Waals surface area contributed by atoms with Crippen molar-refractivity contribution in [1.82, 2.24) is 14.8 Å². The van der Waals surface area contributed by atoms with E-state index in [9.17, 15) is 14.7 Å². The smallest absolute Gasteiger partial charge is 0.242 e. The molecule has 0 spiro atoms. The van der Waals surface area contributed by atoms with Gasteiger partial charge in [0.15, 0.2) is 5.58 Å². The molecule has 2 aliphatic heterocycles. The van der Waals surface area contributed by atoms with Crippen LogP contribution in [0.5, 0.6) is 5.75 Å².